The van der Waals surface area contributed by atoms with Crippen molar-refractivity contribution in [2.24, 2.45) is 11.7 Å². The van der Waals surface area contributed by atoms with Gasteiger partial charge in [0, 0.05) is 6.04 Å². The maximum atomic E-state index is 12.1. The van der Waals surface area contributed by atoms with Crippen molar-refractivity contribution in [3.63, 3.8) is 0 Å². The van der Waals surface area contributed by atoms with E-state index in [0.29, 0.717) is 0 Å². The van der Waals surface area contributed by atoms with E-state index in [1.807, 2.05) is 0 Å². The quantitative estimate of drug-likeness (QED) is 0.615. The Kier molecular flexibility index (Phi) is 3.50. The lowest BCUT2D eigenvalue weighted by Gasteiger charge is -2.23. The molecule has 2 unspecified atom stereocenters. The van der Waals surface area contributed by atoms with E-state index >= 15 is 0 Å². The molecule has 16 heavy (non-hydrogen) atoms. The molecule has 2 aliphatic rings. The standard InChI is InChI=1S/C12H22N2O2/c13-10-5-3-1-2-4-9(10)11(16)14-12(8-15)6-7-12/h9-10,15H,1-8,13H2,(H,14,16). The van der Waals surface area contributed by atoms with Gasteiger partial charge in [-0.2, -0.15) is 0 Å². The zero-order valence-corrected chi connectivity index (χ0v) is 9.74. The molecule has 2 atom stereocenters. The number of carbonyl (C=O) groups is 1. The van der Waals surface area contributed by atoms with Gasteiger partial charge in [-0.25, -0.2) is 0 Å². The molecule has 0 bridgehead atoms. The molecule has 2 saturated carbocycles. The lowest BCUT2D eigenvalue weighted by atomic mass is 9.94. The first-order valence-corrected chi connectivity index (χ1v) is 6.35. The molecule has 4 N–H and O–H groups in total. The van der Waals surface area contributed by atoms with Crippen molar-refractivity contribution in [2.45, 2.75) is 56.5 Å². The fourth-order valence-electron chi connectivity index (χ4n) is 2.49. The number of amides is 1. The Morgan fingerprint density at radius 2 is 2.00 bits per heavy atom. The molecule has 92 valence electrons. The van der Waals surface area contributed by atoms with Crippen molar-refractivity contribution >= 4 is 5.91 Å². The van der Waals surface area contributed by atoms with Crippen molar-refractivity contribution in [3.8, 4) is 0 Å². The van der Waals surface area contributed by atoms with Gasteiger partial charge in [0.2, 0.25) is 5.91 Å². The summed E-state index contributed by atoms with van der Waals surface area (Å²) in [5, 5.41) is 12.2. The molecule has 0 aromatic rings. The van der Waals surface area contributed by atoms with Crippen molar-refractivity contribution in [1.82, 2.24) is 5.32 Å². The van der Waals surface area contributed by atoms with Crippen molar-refractivity contribution in [3.05, 3.63) is 0 Å². The summed E-state index contributed by atoms with van der Waals surface area (Å²) < 4.78 is 0. The molecule has 0 radical (unpaired) electrons. The molecule has 2 aliphatic carbocycles. The highest BCUT2D eigenvalue weighted by molar-refractivity contribution is 5.80. The minimum atomic E-state index is -0.302. The van der Waals surface area contributed by atoms with Gasteiger partial charge >= 0.3 is 0 Å². The SMILES string of the molecule is NC1CCCCCC1C(=O)NC1(CO)CC1. The smallest absolute Gasteiger partial charge is 0.225 e. The molecule has 4 heteroatoms. The maximum absolute atomic E-state index is 12.1. The highest BCUT2D eigenvalue weighted by Gasteiger charge is 2.44. The second kappa shape index (κ2) is 4.72. The summed E-state index contributed by atoms with van der Waals surface area (Å²) in [6.07, 6.45) is 7.06. The van der Waals surface area contributed by atoms with Crippen LogP contribution in [0.25, 0.3) is 0 Å². The van der Waals surface area contributed by atoms with Crippen LogP contribution in [0.15, 0.2) is 0 Å². The molecule has 0 aromatic heterocycles. The third kappa shape index (κ3) is 2.55. The Morgan fingerprint density at radius 3 is 2.62 bits per heavy atom. The fourth-order valence-corrected chi connectivity index (χ4v) is 2.49. The summed E-state index contributed by atoms with van der Waals surface area (Å²) in [6.45, 7) is 0.0562. The first-order valence-electron chi connectivity index (χ1n) is 6.35. The van der Waals surface area contributed by atoms with E-state index in [1.165, 1.54) is 6.42 Å². The zero-order chi connectivity index (χ0) is 11.6. The van der Waals surface area contributed by atoms with Gasteiger partial charge in [0.1, 0.15) is 0 Å². The predicted octanol–water partition coefficient (Wildman–Crippen LogP) is 0.535. The number of hydrogen-bond acceptors (Lipinski definition) is 3. The van der Waals surface area contributed by atoms with E-state index in [1.54, 1.807) is 0 Å². The monoisotopic (exact) mass is 226 g/mol. The van der Waals surface area contributed by atoms with Gasteiger partial charge in [-0.15, -0.1) is 0 Å². The second-order valence-electron chi connectivity index (χ2n) is 5.34. The molecule has 1 amide bonds. The van der Waals surface area contributed by atoms with Crippen molar-refractivity contribution < 1.29 is 9.90 Å². The van der Waals surface area contributed by atoms with E-state index in [9.17, 15) is 9.90 Å². The Morgan fingerprint density at radius 1 is 1.31 bits per heavy atom. The van der Waals surface area contributed by atoms with Gasteiger partial charge in [0.25, 0.3) is 0 Å². The minimum Gasteiger partial charge on any atom is -0.394 e. The number of aliphatic hydroxyl groups is 1. The number of carbonyl (C=O) groups excluding carboxylic acids is 1. The highest BCUT2D eigenvalue weighted by Crippen LogP contribution is 2.35. The zero-order valence-electron chi connectivity index (χ0n) is 9.74. The van der Waals surface area contributed by atoms with Gasteiger partial charge in [-0.05, 0) is 25.7 Å². The number of nitrogens with two attached hydrogens (primary N) is 1. The number of aliphatic hydroxyl groups excluding tert-OH is 1. The van der Waals surface area contributed by atoms with E-state index < -0.39 is 0 Å². The van der Waals surface area contributed by atoms with Crippen LogP contribution >= 0.6 is 0 Å². The van der Waals surface area contributed by atoms with Crippen LogP contribution in [-0.4, -0.2) is 29.2 Å². The summed E-state index contributed by atoms with van der Waals surface area (Å²) in [7, 11) is 0. The average Bonchev–Trinajstić information content (AvgIpc) is 3.04. The van der Waals surface area contributed by atoms with Crippen LogP contribution in [0.5, 0.6) is 0 Å². The largest absolute Gasteiger partial charge is 0.394 e. The van der Waals surface area contributed by atoms with Crippen LogP contribution < -0.4 is 11.1 Å². The molecule has 0 heterocycles. The van der Waals surface area contributed by atoms with Crippen LogP contribution in [0.2, 0.25) is 0 Å². The second-order valence-corrected chi connectivity index (χ2v) is 5.34. The predicted molar refractivity (Wildman–Crippen MR) is 61.7 cm³/mol. The van der Waals surface area contributed by atoms with Crippen LogP contribution in [-0.2, 0) is 4.79 Å². The lowest BCUT2D eigenvalue weighted by molar-refractivity contribution is -0.127. The Labute approximate surface area is 96.6 Å². The summed E-state index contributed by atoms with van der Waals surface area (Å²) >= 11 is 0. The number of hydrogen-bond donors (Lipinski definition) is 3. The van der Waals surface area contributed by atoms with Crippen LogP contribution in [0, 0.1) is 5.92 Å². The molecule has 0 aliphatic heterocycles. The van der Waals surface area contributed by atoms with Gasteiger partial charge in [-0.3, -0.25) is 4.79 Å². The highest BCUT2D eigenvalue weighted by atomic mass is 16.3. The third-order valence-electron chi connectivity index (χ3n) is 3.95. The van der Waals surface area contributed by atoms with Gasteiger partial charge < -0.3 is 16.2 Å². The first-order chi connectivity index (χ1) is 7.67. The molecule has 2 rings (SSSR count). The summed E-state index contributed by atoms with van der Waals surface area (Å²) in [4.78, 5) is 12.1. The van der Waals surface area contributed by atoms with Gasteiger partial charge in [-0.1, -0.05) is 19.3 Å². The van der Waals surface area contributed by atoms with Gasteiger partial charge in [0.05, 0.1) is 18.1 Å². The third-order valence-corrected chi connectivity index (χ3v) is 3.95. The lowest BCUT2D eigenvalue weighted by Crippen LogP contribution is -2.47. The molecule has 0 spiro atoms. The van der Waals surface area contributed by atoms with E-state index in [4.69, 9.17) is 5.73 Å². The Balaban J connectivity index is 1.91. The van der Waals surface area contributed by atoms with Crippen LogP contribution in [0.1, 0.15) is 44.9 Å². The first kappa shape index (κ1) is 11.9. The topological polar surface area (TPSA) is 75.4 Å². The van der Waals surface area contributed by atoms with Crippen LogP contribution in [0.4, 0.5) is 0 Å². The van der Waals surface area contributed by atoms with E-state index in [2.05, 4.69) is 5.32 Å². The normalized spacial score (nSPS) is 32.9. The fraction of sp³-hybridized carbons (Fsp3) is 0.917. The minimum absolute atomic E-state index is 0.00278. The van der Waals surface area contributed by atoms with Gasteiger partial charge in [0.15, 0.2) is 0 Å². The van der Waals surface area contributed by atoms with E-state index in [-0.39, 0.29) is 30.0 Å². The summed E-state index contributed by atoms with van der Waals surface area (Å²) in [5.41, 5.74) is 5.73. The van der Waals surface area contributed by atoms with Crippen molar-refractivity contribution in [1.29, 1.82) is 0 Å². The summed E-state index contributed by atoms with van der Waals surface area (Å²) in [5.74, 6) is 0.00692. The molecule has 4 nitrogen and oxygen atoms in total. The summed E-state index contributed by atoms with van der Waals surface area (Å²) in [6, 6.07) is -0.00278. The Bertz CT molecular complexity index is 264. The van der Waals surface area contributed by atoms with Crippen molar-refractivity contribution in [2.75, 3.05) is 6.61 Å². The maximum Gasteiger partial charge on any atom is 0.225 e. The molecular weight excluding hydrogens is 204 g/mol. The molecule has 0 saturated heterocycles. The molecule has 2 fully saturated rings. The van der Waals surface area contributed by atoms with Crippen LogP contribution in [0.3, 0.4) is 0 Å². The van der Waals surface area contributed by atoms with E-state index in [0.717, 1.165) is 38.5 Å². The average molecular weight is 226 g/mol. The molecule has 0 aromatic carbocycles. The number of rotatable bonds is 3. The Hall–Kier alpha value is -0.610. The number of nitrogens with one attached hydrogen (secondary N) is 1. The molecular formula is C12H22N2O2.